The molecule has 5 heteroatoms. The van der Waals surface area contributed by atoms with Gasteiger partial charge in [-0.3, -0.25) is 0 Å². The van der Waals surface area contributed by atoms with Gasteiger partial charge in [-0.05, 0) is 41.1 Å². The molecule has 1 aromatic heterocycles. The van der Waals surface area contributed by atoms with E-state index in [0.717, 1.165) is 33.8 Å². The molecule has 0 aliphatic heterocycles. The Labute approximate surface area is 119 Å². The molecular formula is C13H12BrN3S. The molecule has 0 amide bonds. The summed E-state index contributed by atoms with van der Waals surface area (Å²) in [4.78, 5) is 4.41. The van der Waals surface area contributed by atoms with E-state index < -0.39 is 0 Å². The number of rotatable bonds is 4. The molecule has 0 fully saturated rings. The van der Waals surface area contributed by atoms with Gasteiger partial charge in [-0.2, -0.15) is 5.26 Å². The van der Waals surface area contributed by atoms with Crippen molar-refractivity contribution in [3.63, 3.8) is 0 Å². The second kappa shape index (κ2) is 5.98. The number of hydrogen-bond donors (Lipinski definition) is 1. The Kier molecular flexibility index (Phi) is 4.34. The molecule has 0 bridgehead atoms. The number of nitrogens with zero attached hydrogens (tertiary/aromatic N) is 2. The maximum atomic E-state index is 8.83. The Morgan fingerprint density at radius 1 is 1.50 bits per heavy atom. The van der Waals surface area contributed by atoms with E-state index in [2.05, 4.69) is 37.7 Å². The largest absolute Gasteiger partial charge is 0.385 e. The first-order valence-corrected chi connectivity index (χ1v) is 7.21. The molecule has 0 atom stereocenters. The fourth-order valence-corrected chi connectivity index (χ4v) is 2.69. The third-order valence-corrected chi connectivity index (χ3v) is 3.94. The van der Waals surface area contributed by atoms with Gasteiger partial charge in [0.25, 0.3) is 0 Å². The molecule has 0 saturated carbocycles. The van der Waals surface area contributed by atoms with Crippen molar-refractivity contribution >= 4 is 33.0 Å². The van der Waals surface area contributed by atoms with Crippen molar-refractivity contribution in [2.75, 3.05) is 11.9 Å². The molecule has 1 N–H and O–H groups in total. The van der Waals surface area contributed by atoms with E-state index >= 15 is 0 Å². The zero-order chi connectivity index (χ0) is 13.0. The van der Waals surface area contributed by atoms with Gasteiger partial charge in [-0.15, -0.1) is 11.3 Å². The standard InChI is InChI=1S/C13H12BrN3S/c1-9-17-12(8-18-9)4-5-16-11-3-2-10(7-15)13(14)6-11/h2-3,6,8,16H,4-5H2,1H3. The van der Waals surface area contributed by atoms with Crippen LogP contribution in [0.4, 0.5) is 5.69 Å². The van der Waals surface area contributed by atoms with Crippen LogP contribution in [-0.4, -0.2) is 11.5 Å². The molecule has 18 heavy (non-hydrogen) atoms. The predicted molar refractivity (Wildman–Crippen MR) is 77.9 cm³/mol. The predicted octanol–water partition coefficient (Wildman–Crippen LogP) is 3.74. The van der Waals surface area contributed by atoms with Gasteiger partial charge < -0.3 is 5.32 Å². The van der Waals surface area contributed by atoms with Gasteiger partial charge in [0.05, 0.1) is 16.3 Å². The molecule has 0 spiro atoms. The lowest BCUT2D eigenvalue weighted by molar-refractivity contribution is 0.968. The summed E-state index contributed by atoms with van der Waals surface area (Å²) in [5, 5.41) is 15.3. The smallest absolute Gasteiger partial charge is 0.100 e. The molecule has 0 radical (unpaired) electrons. The van der Waals surface area contributed by atoms with Crippen LogP contribution in [0.2, 0.25) is 0 Å². The number of aromatic nitrogens is 1. The number of halogens is 1. The van der Waals surface area contributed by atoms with E-state index in [-0.39, 0.29) is 0 Å². The van der Waals surface area contributed by atoms with Crippen LogP contribution in [0.25, 0.3) is 0 Å². The molecule has 0 unspecified atom stereocenters. The van der Waals surface area contributed by atoms with Gasteiger partial charge in [-0.25, -0.2) is 4.98 Å². The minimum atomic E-state index is 0.649. The lowest BCUT2D eigenvalue weighted by atomic mass is 10.2. The maximum absolute atomic E-state index is 8.83. The molecule has 0 aliphatic carbocycles. The highest BCUT2D eigenvalue weighted by Gasteiger charge is 2.01. The zero-order valence-electron chi connectivity index (χ0n) is 9.90. The van der Waals surface area contributed by atoms with Crippen LogP contribution in [0.5, 0.6) is 0 Å². The Balaban J connectivity index is 1.91. The van der Waals surface area contributed by atoms with Crippen molar-refractivity contribution < 1.29 is 0 Å². The van der Waals surface area contributed by atoms with E-state index in [0.29, 0.717) is 5.56 Å². The fourth-order valence-electron chi connectivity index (χ4n) is 1.57. The van der Waals surface area contributed by atoms with Gasteiger partial charge >= 0.3 is 0 Å². The van der Waals surface area contributed by atoms with Crippen molar-refractivity contribution in [3.8, 4) is 6.07 Å². The van der Waals surface area contributed by atoms with Crippen molar-refractivity contribution in [2.45, 2.75) is 13.3 Å². The molecule has 2 aromatic rings. The summed E-state index contributed by atoms with van der Waals surface area (Å²) in [5.41, 5.74) is 2.78. The summed E-state index contributed by atoms with van der Waals surface area (Å²) in [6.45, 7) is 2.85. The Hall–Kier alpha value is -1.38. The number of thiazole rings is 1. The minimum absolute atomic E-state index is 0.649. The van der Waals surface area contributed by atoms with Gasteiger partial charge in [0.1, 0.15) is 6.07 Å². The molecule has 1 heterocycles. The molecule has 0 saturated heterocycles. The van der Waals surface area contributed by atoms with Crippen molar-refractivity contribution in [2.24, 2.45) is 0 Å². The summed E-state index contributed by atoms with van der Waals surface area (Å²) in [6.07, 6.45) is 0.905. The SMILES string of the molecule is Cc1nc(CCNc2ccc(C#N)c(Br)c2)cs1. The molecular weight excluding hydrogens is 310 g/mol. The summed E-state index contributed by atoms with van der Waals surface area (Å²) in [6, 6.07) is 7.76. The summed E-state index contributed by atoms with van der Waals surface area (Å²) >= 11 is 5.05. The summed E-state index contributed by atoms with van der Waals surface area (Å²) in [5.74, 6) is 0. The van der Waals surface area contributed by atoms with Crippen molar-refractivity contribution in [3.05, 3.63) is 44.3 Å². The minimum Gasteiger partial charge on any atom is -0.385 e. The first-order chi connectivity index (χ1) is 8.69. The monoisotopic (exact) mass is 321 g/mol. The number of aryl methyl sites for hydroxylation is 1. The highest BCUT2D eigenvalue weighted by molar-refractivity contribution is 9.10. The van der Waals surface area contributed by atoms with Crippen molar-refractivity contribution in [1.29, 1.82) is 5.26 Å². The molecule has 0 aliphatic rings. The summed E-state index contributed by atoms with van der Waals surface area (Å²) in [7, 11) is 0. The third-order valence-electron chi connectivity index (χ3n) is 2.47. The maximum Gasteiger partial charge on any atom is 0.100 e. The number of nitriles is 1. The number of hydrogen-bond acceptors (Lipinski definition) is 4. The van der Waals surface area contributed by atoms with Crippen LogP contribution in [0, 0.1) is 18.3 Å². The van der Waals surface area contributed by atoms with Crippen LogP contribution in [0.15, 0.2) is 28.1 Å². The normalized spacial score (nSPS) is 10.1. The third kappa shape index (κ3) is 3.31. The van der Waals surface area contributed by atoms with E-state index in [1.54, 1.807) is 17.4 Å². The Bertz CT molecular complexity index is 586. The first-order valence-electron chi connectivity index (χ1n) is 5.53. The van der Waals surface area contributed by atoms with Crippen LogP contribution in [0.1, 0.15) is 16.3 Å². The summed E-state index contributed by atoms with van der Waals surface area (Å²) < 4.78 is 0.819. The molecule has 92 valence electrons. The van der Waals surface area contributed by atoms with E-state index in [1.165, 1.54) is 0 Å². The van der Waals surface area contributed by atoms with E-state index in [9.17, 15) is 0 Å². The van der Waals surface area contributed by atoms with Gasteiger partial charge in [0.2, 0.25) is 0 Å². The Morgan fingerprint density at radius 3 is 2.94 bits per heavy atom. The molecule has 2 rings (SSSR count). The van der Waals surface area contributed by atoms with Crippen LogP contribution < -0.4 is 5.32 Å². The average molecular weight is 322 g/mol. The topological polar surface area (TPSA) is 48.7 Å². The van der Waals surface area contributed by atoms with E-state index in [1.807, 2.05) is 19.1 Å². The second-order valence-corrected chi connectivity index (χ2v) is 5.76. The highest BCUT2D eigenvalue weighted by atomic mass is 79.9. The van der Waals surface area contributed by atoms with Gasteiger partial charge in [0, 0.05) is 28.5 Å². The van der Waals surface area contributed by atoms with Gasteiger partial charge in [0.15, 0.2) is 0 Å². The van der Waals surface area contributed by atoms with Crippen LogP contribution >= 0.6 is 27.3 Å². The Morgan fingerprint density at radius 2 is 2.33 bits per heavy atom. The number of nitrogens with one attached hydrogen (secondary N) is 1. The molecule has 3 nitrogen and oxygen atoms in total. The average Bonchev–Trinajstić information content (AvgIpc) is 2.75. The number of benzene rings is 1. The van der Waals surface area contributed by atoms with Crippen LogP contribution in [0.3, 0.4) is 0 Å². The quantitative estimate of drug-likeness (QED) is 0.933. The number of anilines is 1. The lowest BCUT2D eigenvalue weighted by Gasteiger charge is -2.06. The lowest BCUT2D eigenvalue weighted by Crippen LogP contribution is -2.05. The first kappa shape index (κ1) is 13.1. The van der Waals surface area contributed by atoms with Crippen molar-refractivity contribution in [1.82, 2.24) is 4.98 Å². The highest BCUT2D eigenvalue weighted by Crippen LogP contribution is 2.20. The van der Waals surface area contributed by atoms with E-state index in [4.69, 9.17) is 5.26 Å². The molecule has 1 aromatic carbocycles. The fraction of sp³-hybridized carbons (Fsp3) is 0.231. The second-order valence-electron chi connectivity index (χ2n) is 3.84. The zero-order valence-corrected chi connectivity index (χ0v) is 12.3. The van der Waals surface area contributed by atoms with Gasteiger partial charge in [-0.1, -0.05) is 0 Å². The van der Waals surface area contributed by atoms with Crippen LogP contribution in [-0.2, 0) is 6.42 Å².